The molecule has 1 aromatic rings. The number of rotatable bonds is 1. The van der Waals surface area contributed by atoms with E-state index in [1.165, 1.54) is 7.11 Å². The first-order valence-electron chi connectivity index (χ1n) is 5.28. The Hall–Kier alpha value is -1.55. The molecule has 1 saturated heterocycles. The molecule has 0 aliphatic carbocycles. The number of methoxy groups -OCH3 is 1. The number of fused-ring (bicyclic) bond motifs is 4. The molecule has 1 aromatic carbocycles. The van der Waals surface area contributed by atoms with Gasteiger partial charge in [0.1, 0.15) is 11.9 Å². The normalized spacial score (nSPS) is 30.4. The predicted molar refractivity (Wildman–Crippen MR) is 54.8 cm³/mol. The Morgan fingerprint density at radius 3 is 3.06 bits per heavy atom. The zero-order chi connectivity index (χ0) is 11.1. The number of esters is 1. The topological polar surface area (TPSA) is 44.8 Å². The molecule has 0 amide bonds. The number of hydrogen-bond acceptors (Lipinski definition) is 4. The van der Waals surface area contributed by atoms with Crippen LogP contribution in [-0.2, 0) is 14.3 Å². The third-order valence-corrected chi connectivity index (χ3v) is 3.10. The van der Waals surface area contributed by atoms with E-state index in [-0.39, 0.29) is 24.3 Å². The minimum absolute atomic E-state index is 0.220. The van der Waals surface area contributed by atoms with Gasteiger partial charge in [-0.2, -0.15) is 0 Å². The van der Waals surface area contributed by atoms with Gasteiger partial charge in [0.05, 0.1) is 13.0 Å². The van der Waals surface area contributed by atoms with Crippen LogP contribution in [-0.4, -0.2) is 19.4 Å². The molecule has 3 rings (SSSR count). The van der Waals surface area contributed by atoms with Crippen molar-refractivity contribution in [2.75, 3.05) is 7.11 Å². The molecule has 3 atom stereocenters. The number of ether oxygens (including phenoxy) is 3. The first-order chi connectivity index (χ1) is 7.79. The van der Waals surface area contributed by atoms with Crippen molar-refractivity contribution in [3.8, 4) is 5.75 Å². The maximum atomic E-state index is 11.6. The fraction of sp³-hybridized carbons (Fsp3) is 0.417. The van der Waals surface area contributed by atoms with Gasteiger partial charge in [-0.25, -0.2) is 0 Å². The molecule has 4 nitrogen and oxygen atoms in total. The molecule has 0 aromatic heterocycles. The lowest BCUT2D eigenvalue weighted by Gasteiger charge is -2.25. The third-order valence-electron chi connectivity index (χ3n) is 3.10. The molecule has 0 radical (unpaired) electrons. The summed E-state index contributed by atoms with van der Waals surface area (Å²) in [7, 11) is 1.40. The Labute approximate surface area is 93.1 Å². The van der Waals surface area contributed by atoms with Gasteiger partial charge >= 0.3 is 5.97 Å². The van der Waals surface area contributed by atoms with E-state index in [9.17, 15) is 4.79 Å². The summed E-state index contributed by atoms with van der Waals surface area (Å²) in [6.45, 7) is 0. The van der Waals surface area contributed by atoms with E-state index in [2.05, 4.69) is 0 Å². The van der Waals surface area contributed by atoms with E-state index >= 15 is 0 Å². The van der Waals surface area contributed by atoms with Crippen LogP contribution in [0.5, 0.6) is 5.75 Å². The van der Waals surface area contributed by atoms with Gasteiger partial charge in [-0.3, -0.25) is 4.79 Å². The van der Waals surface area contributed by atoms with Crippen molar-refractivity contribution in [2.45, 2.75) is 18.8 Å². The number of para-hydroxylation sites is 1. The predicted octanol–water partition coefficient (Wildman–Crippen LogP) is 1.66. The van der Waals surface area contributed by atoms with E-state index in [0.717, 1.165) is 11.3 Å². The van der Waals surface area contributed by atoms with E-state index in [0.29, 0.717) is 6.42 Å². The molecule has 2 aliphatic rings. The summed E-state index contributed by atoms with van der Waals surface area (Å²) in [5, 5.41) is 0. The van der Waals surface area contributed by atoms with Crippen LogP contribution in [0.15, 0.2) is 24.3 Å². The van der Waals surface area contributed by atoms with Crippen LogP contribution in [0.25, 0.3) is 0 Å². The zero-order valence-corrected chi connectivity index (χ0v) is 8.88. The van der Waals surface area contributed by atoms with Crippen molar-refractivity contribution >= 4 is 5.97 Å². The third kappa shape index (κ3) is 1.30. The molecule has 0 unspecified atom stereocenters. The van der Waals surface area contributed by atoms with Gasteiger partial charge in [-0.1, -0.05) is 18.2 Å². The fourth-order valence-corrected chi connectivity index (χ4v) is 2.35. The highest BCUT2D eigenvalue weighted by atomic mass is 16.7. The molecule has 1 fully saturated rings. The van der Waals surface area contributed by atoms with Gasteiger partial charge in [0, 0.05) is 12.0 Å². The summed E-state index contributed by atoms with van der Waals surface area (Å²) in [5.74, 6) is 0.335. The molecule has 84 valence electrons. The molecular formula is C12H12O4. The van der Waals surface area contributed by atoms with Crippen molar-refractivity contribution < 1.29 is 19.0 Å². The Morgan fingerprint density at radius 1 is 1.44 bits per heavy atom. The fourth-order valence-electron chi connectivity index (χ4n) is 2.35. The number of carbonyl (C=O) groups is 1. The van der Waals surface area contributed by atoms with Crippen LogP contribution in [0.1, 0.15) is 18.1 Å². The molecule has 0 N–H and O–H groups in total. The van der Waals surface area contributed by atoms with Gasteiger partial charge in [-0.15, -0.1) is 0 Å². The van der Waals surface area contributed by atoms with Gasteiger partial charge < -0.3 is 14.2 Å². The zero-order valence-electron chi connectivity index (χ0n) is 8.88. The smallest absolute Gasteiger partial charge is 0.311 e. The molecule has 16 heavy (non-hydrogen) atoms. The quantitative estimate of drug-likeness (QED) is 0.675. The maximum absolute atomic E-state index is 11.6. The highest BCUT2D eigenvalue weighted by Crippen LogP contribution is 2.46. The van der Waals surface area contributed by atoms with Crippen LogP contribution in [0.3, 0.4) is 0 Å². The minimum Gasteiger partial charge on any atom is -0.469 e. The maximum Gasteiger partial charge on any atom is 0.311 e. The SMILES string of the molecule is COC(=O)[C@@H]1C[C@H]2Oc3ccccc3[C@@H]1O2. The Balaban J connectivity index is 1.99. The standard InChI is InChI=1S/C12H12O4/c1-14-12(13)8-6-10-15-9-5-3-2-4-7(9)11(8)16-10/h2-5,8,10-11H,6H2,1H3/t8-,10+,11+/m1/s1. The van der Waals surface area contributed by atoms with Crippen LogP contribution in [0, 0.1) is 5.92 Å². The van der Waals surface area contributed by atoms with Crippen LogP contribution >= 0.6 is 0 Å². The van der Waals surface area contributed by atoms with Crippen LogP contribution < -0.4 is 4.74 Å². The molecule has 2 heterocycles. The summed E-state index contributed by atoms with van der Waals surface area (Å²) in [6, 6.07) is 7.66. The Kier molecular flexibility index (Phi) is 2.11. The van der Waals surface area contributed by atoms with Crippen LogP contribution in [0.4, 0.5) is 0 Å². The second-order valence-corrected chi connectivity index (χ2v) is 4.01. The first-order valence-corrected chi connectivity index (χ1v) is 5.28. The summed E-state index contributed by atoms with van der Waals surface area (Å²) >= 11 is 0. The van der Waals surface area contributed by atoms with E-state index in [4.69, 9.17) is 14.2 Å². The highest BCUT2D eigenvalue weighted by molar-refractivity contribution is 5.74. The molecule has 4 heteroatoms. The highest BCUT2D eigenvalue weighted by Gasteiger charge is 2.46. The molecule has 0 spiro atoms. The second kappa shape index (κ2) is 3.49. The summed E-state index contributed by atoms with van der Waals surface area (Å²) in [6.07, 6.45) is 0.0258. The Bertz CT molecular complexity index is 429. The molecular weight excluding hydrogens is 208 g/mol. The average molecular weight is 220 g/mol. The summed E-state index contributed by atoms with van der Waals surface area (Å²) in [4.78, 5) is 11.6. The summed E-state index contributed by atoms with van der Waals surface area (Å²) < 4.78 is 16.0. The monoisotopic (exact) mass is 220 g/mol. The van der Waals surface area contributed by atoms with Gasteiger partial charge in [0.25, 0.3) is 0 Å². The van der Waals surface area contributed by atoms with Crippen molar-refractivity contribution in [3.05, 3.63) is 29.8 Å². The lowest BCUT2D eigenvalue weighted by Crippen LogP contribution is -2.21. The number of benzene rings is 1. The van der Waals surface area contributed by atoms with Gasteiger partial charge in [-0.05, 0) is 6.07 Å². The molecule has 0 saturated carbocycles. The van der Waals surface area contributed by atoms with E-state index < -0.39 is 0 Å². The second-order valence-electron chi connectivity index (χ2n) is 4.01. The van der Waals surface area contributed by atoms with Crippen molar-refractivity contribution in [1.82, 2.24) is 0 Å². The summed E-state index contributed by atoms with van der Waals surface area (Å²) in [5.41, 5.74) is 0.937. The molecule has 2 aliphatic heterocycles. The van der Waals surface area contributed by atoms with Crippen molar-refractivity contribution in [2.24, 2.45) is 5.92 Å². The van der Waals surface area contributed by atoms with Gasteiger partial charge in [0.15, 0.2) is 0 Å². The molecule has 2 bridgehead atoms. The van der Waals surface area contributed by atoms with Crippen molar-refractivity contribution in [3.63, 3.8) is 0 Å². The largest absolute Gasteiger partial charge is 0.469 e. The van der Waals surface area contributed by atoms with Crippen molar-refractivity contribution in [1.29, 1.82) is 0 Å². The van der Waals surface area contributed by atoms with E-state index in [1.807, 2.05) is 24.3 Å². The van der Waals surface area contributed by atoms with Crippen LogP contribution in [0.2, 0.25) is 0 Å². The van der Waals surface area contributed by atoms with E-state index in [1.54, 1.807) is 0 Å². The lowest BCUT2D eigenvalue weighted by atomic mass is 9.95. The minimum atomic E-state index is -0.316. The van der Waals surface area contributed by atoms with Gasteiger partial charge in [0.2, 0.25) is 6.29 Å². The number of hydrogen-bond donors (Lipinski definition) is 0. The lowest BCUT2D eigenvalue weighted by molar-refractivity contribution is -0.148. The average Bonchev–Trinajstić information content (AvgIpc) is 2.67. The number of carbonyl (C=O) groups excluding carboxylic acids is 1. The Morgan fingerprint density at radius 2 is 2.25 bits per heavy atom. The first kappa shape index (κ1) is 9.66.